The van der Waals surface area contributed by atoms with Crippen LogP contribution >= 0.6 is 0 Å². The van der Waals surface area contributed by atoms with Crippen LogP contribution in [0.4, 0.5) is 8.78 Å². The van der Waals surface area contributed by atoms with Gasteiger partial charge in [0, 0.05) is 18.2 Å². The van der Waals surface area contributed by atoms with Crippen molar-refractivity contribution in [2.75, 3.05) is 7.05 Å². The smallest absolute Gasteiger partial charge is 0.223 e. The Kier molecular flexibility index (Phi) is 4.06. The molecule has 1 aromatic heterocycles. The van der Waals surface area contributed by atoms with Gasteiger partial charge < -0.3 is 10.1 Å². The minimum absolute atomic E-state index is 0.263. The second-order valence-corrected chi connectivity index (χ2v) is 4.16. The minimum Gasteiger partial charge on any atom is -0.439 e. The van der Waals surface area contributed by atoms with Crippen molar-refractivity contribution < 1.29 is 13.5 Å². The van der Waals surface area contributed by atoms with E-state index in [9.17, 15) is 8.78 Å². The molecule has 0 bridgehead atoms. The molecule has 0 aliphatic carbocycles. The van der Waals surface area contributed by atoms with Crippen LogP contribution in [-0.4, -0.2) is 12.0 Å². The molecular weight excluding hydrogens is 250 g/mol. The summed E-state index contributed by atoms with van der Waals surface area (Å²) in [5, 5.41) is 2.90. The SMILES string of the molecule is CNCc1cc(F)cnc1Oc1ccc(C)c(F)c1. The van der Waals surface area contributed by atoms with Crippen LogP contribution in [0, 0.1) is 18.6 Å². The topological polar surface area (TPSA) is 34.2 Å². The van der Waals surface area contributed by atoms with Crippen LogP contribution in [-0.2, 0) is 6.54 Å². The molecule has 2 aromatic rings. The van der Waals surface area contributed by atoms with Gasteiger partial charge in [0.05, 0.1) is 6.20 Å². The highest BCUT2D eigenvalue weighted by molar-refractivity contribution is 5.34. The molecule has 1 N–H and O–H groups in total. The second kappa shape index (κ2) is 5.75. The highest BCUT2D eigenvalue weighted by atomic mass is 19.1. The van der Waals surface area contributed by atoms with Crippen molar-refractivity contribution in [2.24, 2.45) is 0 Å². The summed E-state index contributed by atoms with van der Waals surface area (Å²) in [6.07, 6.45) is 1.07. The van der Waals surface area contributed by atoms with Gasteiger partial charge in [-0.15, -0.1) is 0 Å². The predicted octanol–water partition coefficient (Wildman–Crippen LogP) is 3.18. The number of nitrogens with zero attached hydrogens (tertiary/aromatic N) is 1. The van der Waals surface area contributed by atoms with E-state index in [1.54, 1.807) is 26.1 Å². The number of pyridine rings is 1. The van der Waals surface area contributed by atoms with Crippen molar-refractivity contribution in [3.05, 3.63) is 53.2 Å². The molecule has 2 rings (SSSR count). The molecule has 0 radical (unpaired) electrons. The lowest BCUT2D eigenvalue weighted by Crippen LogP contribution is -2.07. The first kappa shape index (κ1) is 13.4. The number of benzene rings is 1. The van der Waals surface area contributed by atoms with E-state index in [1.165, 1.54) is 12.1 Å². The summed E-state index contributed by atoms with van der Waals surface area (Å²) >= 11 is 0. The molecule has 0 amide bonds. The number of aryl methyl sites for hydroxylation is 1. The fourth-order valence-corrected chi connectivity index (χ4v) is 1.63. The minimum atomic E-state index is -0.437. The van der Waals surface area contributed by atoms with Crippen LogP contribution in [0.15, 0.2) is 30.5 Å². The molecule has 5 heteroatoms. The number of hydrogen-bond acceptors (Lipinski definition) is 3. The third kappa shape index (κ3) is 3.26. The summed E-state index contributed by atoms with van der Waals surface area (Å²) in [6.45, 7) is 2.08. The number of ether oxygens (including phenoxy) is 1. The summed E-state index contributed by atoms with van der Waals surface area (Å²) in [7, 11) is 1.74. The van der Waals surface area contributed by atoms with Crippen molar-refractivity contribution in [3.63, 3.8) is 0 Å². The van der Waals surface area contributed by atoms with E-state index < -0.39 is 5.82 Å². The standard InChI is InChI=1S/C14H14F2N2O/c1-9-3-4-12(6-13(9)16)19-14-10(7-17-2)5-11(15)8-18-14/h3-6,8,17H,7H2,1-2H3. The van der Waals surface area contributed by atoms with Gasteiger partial charge in [0.2, 0.25) is 5.88 Å². The summed E-state index contributed by atoms with van der Waals surface area (Å²) in [4.78, 5) is 3.88. The molecule has 0 aliphatic rings. The summed E-state index contributed by atoms with van der Waals surface area (Å²) in [5.41, 5.74) is 1.11. The van der Waals surface area contributed by atoms with Crippen LogP contribution in [0.2, 0.25) is 0 Å². The molecule has 0 aliphatic heterocycles. The highest BCUT2D eigenvalue weighted by Crippen LogP contribution is 2.25. The molecule has 3 nitrogen and oxygen atoms in total. The maximum absolute atomic E-state index is 13.4. The molecule has 100 valence electrons. The molecule has 0 spiro atoms. The molecule has 0 saturated carbocycles. The highest BCUT2D eigenvalue weighted by Gasteiger charge is 2.09. The molecular formula is C14H14F2N2O. The van der Waals surface area contributed by atoms with Crippen molar-refractivity contribution in [2.45, 2.75) is 13.5 Å². The van der Waals surface area contributed by atoms with Crippen molar-refractivity contribution in [3.8, 4) is 11.6 Å². The van der Waals surface area contributed by atoms with Crippen LogP contribution in [0.25, 0.3) is 0 Å². The zero-order valence-corrected chi connectivity index (χ0v) is 10.7. The third-order valence-corrected chi connectivity index (χ3v) is 2.62. The van der Waals surface area contributed by atoms with Crippen molar-refractivity contribution >= 4 is 0 Å². The van der Waals surface area contributed by atoms with E-state index in [0.29, 0.717) is 23.4 Å². The summed E-state index contributed by atoms with van der Waals surface area (Å²) in [6, 6.07) is 5.88. The predicted molar refractivity (Wildman–Crippen MR) is 68.2 cm³/mol. The van der Waals surface area contributed by atoms with Gasteiger partial charge in [-0.3, -0.25) is 0 Å². The Morgan fingerprint density at radius 2 is 2.05 bits per heavy atom. The maximum atomic E-state index is 13.4. The molecule has 19 heavy (non-hydrogen) atoms. The Labute approximate surface area is 110 Å². The first-order valence-corrected chi connectivity index (χ1v) is 5.83. The lowest BCUT2D eigenvalue weighted by Gasteiger charge is -2.10. The molecule has 1 heterocycles. The van der Waals surface area contributed by atoms with Gasteiger partial charge in [0.15, 0.2) is 0 Å². The van der Waals surface area contributed by atoms with Gasteiger partial charge in [0.25, 0.3) is 0 Å². The van der Waals surface area contributed by atoms with E-state index in [2.05, 4.69) is 10.3 Å². The van der Waals surface area contributed by atoms with E-state index in [-0.39, 0.29) is 11.7 Å². The summed E-state index contributed by atoms with van der Waals surface area (Å²) < 4.78 is 32.0. The monoisotopic (exact) mass is 264 g/mol. The normalized spacial score (nSPS) is 10.5. The lowest BCUT2D eigenvalue weighted by atomic mass is 10.2. The number of rotatable bonds is 4. The average molecular weight is 264 g/mol. The van der Waals surface area contributed by atoms with Gasteiger partial charge in [0.1, 0.15) is 17.4 Å². The van der Waals surface area contributed by atoms with Gasteiger partial charge in [-0.25, -0.2) is 13.8 Å². The average Bonchev–Trinajstić information content (AvgIpc) is 2.37. The fraction of sp³-hybridized carbons (Fsp3) is 0.214. The zero-order valence-electron chi connectivity index (χ0n) is 10.7. The maximum Gasteiger partial charge on any atom is 0.223 e. The quantitative estimate of drug-likeness (QED) is 0.921. The Hall–Kier alpha value is -2.01. The molecule has 0 unspecified atom stereocenters. The van der Waals surface area contributed by atoms with Crippen LogP contribution < -0.4 is 10.1 Å². The first-order chi connectivity index (χ1) is 9.10. The number of nitrogens with one attached hydrogen (secondary N) is 1. The number of aromatic nitrogens is 1. The van der Waals surface area contributed by atoms with Crippen LogP contribution in [0.3, 0.4) is 0 Å². The molecule has 0 atom stereocenters. The van der Waals surface area contributed by atoms with Gasteiger partial charge in [-0.05, 0) is 31.7 Å². The van der Waals surface area contributed by atoms with E-state index in [1.807, 2.05) is 0 Å². The largest absolute Gasteiger partial charge is 0.439 e. The van der Waals surface area contributed by atoms with Crippen molar-refractivity contribution in [1.29, 1.82) is 0 Å². The van der Waals surface area contributed by atoms with Crippen LogP contribution in [0.5, 0.6) is 11.6 Å². The number of halogens is 2. The van der Waals surface area contributed by atoms with E-state index in [4.69, 9.17) is 4.74 Å². The van der Waals surface area contributed by atoms with Crippen LogP contribution in [0.1, 0.15) is 11.1 Å². The first-order valence-electron chi connectivity index (χ1n) is 5.83. The van der Waals surface area contributed by atoms with Crippen molar-refractivity contribution in [1.82, 2.24) is 10.3 Å². The Balaban J connectivity index is 2.29. The summed E-state index contributed by atoms with van der Waals surface area (Å²) in [5.74, 6) is -0.193. The molecule has 0 fully saturated rings. The van der Waals surface area contributed by atoms with E-state index in [0.717, 1.165) is 6.20 Å². The Morgan fingerprint density at radius 1 is 1.26 bits per heavy atom. The van der Waals surface area contributed by atoms with E-state index >= 15 is 0 Å². The Bertz CT molecular complexity index is 588. The number of hydrogen-bond donors (Lipinski definition) is 1. The fourth-order valence-electron chi connectivity index (χ4n) is 1.63. The van der Waals surface area contributed by atoms with Gasteiger partial charge in [-0.1, -0.05) is 6.07 Å². The second-order valence-electron chi connectivity index (χ2n) is 4.16. The Morgan fingerprint density at radius 3 is 2.74 bits per heavy atom. The van der Waals surface area contributed by atoms with Gasteiger partial charge in [-0.2, -0.15) is 0 Å². The molecule has 1 aromatic carbocycles. The molecule has 0 saturated heterocycles. The lowest BCUT2D eigenvalue weighted by molar-refractivity contribution is 0.445. The third-order valence-electron chi connectivity index (χ3n) is 2.62. The van der Waals surface area contributed by atoms with Gasteiger partial charge >= 0.3 is 0 Å². The zero-order chi connectivity index (χ0) is 13.8.